The quantitative estimate of drug-likeness (QED) is 0.420. The van der Waals surface area contributed by atoms with Crippen LogP contribution in [0.3, 0.4) is 0 Å². The normalized spacial score (nSPS) is 14.1. The first-order valence-electron chi connectivity index (χ1n) is 9.38. The zero-order valence-electron chi connectivity index (χ0n) is 14.9. The predicted molar refractivity (Wildman–Crippen MR) is 109 cm³/mol. The number of rotatable bonds is 4. The van der Waals surface area contributed by atoms with Crippen molar-refractivity contribution >= 4 is 43.8 Å². The second-order valence-electron chi connectivity index (χ2n) is 6.94. The van der Waals surface area contributed by atoms with Crippen molar-refractivity contribution in [2.45, 2.75) is 32.1 Å². The molecule has 1 aromatic carbocycles. The third-order valence-electron chi connectivity index (χ3n) is 5.22. The van der Waals surface area contributed by atoms with Crippen LogP contribution in [0.2, 0.25) is 0 Å². The van der Waals surface area contributed by atoms with E-state index >= 15 is 0 Å². The lowest BCUT2D eigenvalue weighted by Gasteiger charge is -2.12. The fraction of sp³-hybridized carbons (Fsp3) is 0.350. The number of aromatic nitrogens is 3. The zero-order valence-corrected chi connectivity index (χ0v) is 15.7. The molecule has 1 aliphatic rings. The van der Waals surface area contributed by atoms with Gasteiger partial charge in [0.1, 0.15) is 4.83 Å². The summed E-state index contributed by atoms with van der Waals surface area (Å²) in [5, 5.41) is 19.5. The Bertz CT molecular complexity index is 1230. The van der Waals surface area contributed by atoms with E-state index in [-0.39, 0.29) is 12.2 Å². The van der Waals surface area contributed by atoms with E-state index in [9.17, 15) is 4.79 Å². The molecule has 0 saturated carbocycles. The van der Waals surface area contributed by atoms with Crippen LogP contribution < -0.4 is 10.9 Å². The van der Waals surface area contributed by atoms with Crippen LogP contribution in [0.1, 0.15) is 29.7 Å². The lowest BCUT2D eigenvalue weighted by Crippen LogP contribution is -2.20. The summed E-state index contributed by atoms with van der Waals surface area (Å²) in [7, 11) is 0. The van der Waals surface area contributed by atoms with Crippen molar-refractivity contribution in [1.29, 1.82) is 0 Å². The number of aryl methyl sites for hydroxylation is 2. The van der Waals surface area contributed by atoms with Crippen molar-refractivity contribution in [3.05, 3.63) is 45.1 Å². The van der Waals surface area contributed by atoms with E-state index in [1.165, 1.54) is 21.4 Å². The van der Waals surface area contributed by atoms with E-state index < -0.39 is 0 Å². The summed E-state index contributed by atoms with van der Waals surface area (Å²) in [6.07, 6.45) is 4.92. The second kappa shape index (κ2) is 6.58. The Morgan fingerprint density at radius 3 is 2.85 bits per heavy atom. The van der Waals surface area contributed by atoms with Crippen LogP contribution in [0.25, 0.3) is 26.6 Å². The van der Waals surface area contributed by atoms with Gasteiger partial charge in [-0.3, -0.25) is 4.79 Å². The first kappa shape index (κ1) is 16.6. The molecule has 7 heteroatoms. The molecule has 4 aromatic rings. The Morgan fingerprint density at radius 2 is 2.00 bits per heavy atom. The first-order valence-corrected chi connectivity index (χ1v) is 10.2. The number of aliphatic hydroxyl groups excluding tert-OH is 1. The van der Waals surface area contributed by atoms with E-state index in [4.69, 9.17) is 10.1 Å². The number of thiophene rings is 1. The molecule has 0 unspecified atom stereocenters. The molecule has 0 aliphatic heterocycles. The molecule has 0 fully saturated rings. The van der Waals surface area contributed by atoms with Gasteiger partial charge in [0.2, 0.25) is 0 Å². The molecule has 0 spiro atoms. The molecule has 6 nitrogen and oxygen atoms in total. The average molecular weight is 380 g/mol. The van der Waals surface area contributed by atoms with Crippen molar-refractivity contribution < 1.29 is 5.11 Å². The Balaban J connectivity index is 1.83. The topological polar surface area (TPSA) is 79.5 Å². The number of hydrogen-bond donors (Lipinski definition) is 2. The van der Waals surface area contributed by atoms with Crippen LogP contribution >= 0.6 is 11.3 Å². The van der Waals surface area contributed by atoms with Gasteiger partial charge in [-0.1, -0.05) is 24.3 Å². The highest BCUT2D eigenvalue weighted by atomic mass is 32.1. The molecular formula is C20H20N4O2S. The number of anilines is 1. The average Bonchev–Trinajstić information content (AvgIpc) is 3.07. The van der Waals surface area contributed by atoms with Gasteiger partial charge in [0, 0.05) is 28.8 Å². The highest BCUT2D eigenvalue weighted by Crippen LogP contribution is 2.34. The van der Waals surface area contributed by atoms with Gasteiger partial charge in [-0.15, -0.1) is 16.4 Å². The maximum Gasteiger partial charge on any atom is 0.283 e. The van der Waals surface area contributed by atoms with Crippen LogP contribution in [0.4, 0.5) is 5.82 Å². The summed E-state index contributed by atoms with van der Waals surface area (Å²) in [5.74, 6) is 0.652. The van der Waals surface area contributed by atoms with Crippen LogP contribution in [0, 0.1) is 0 Å². The van der Waals surface area contributed by atoms with Gasteiger partial charge in [-0.2, -0.15) is 4.52 Å². The van der Waals surface area contributed by atoms with Gasteiger partial charge in [0.25, 0.3) is 5.56 Å². The molecule has 138 valence electrons. The van der Waals surface area contributed by atoms with Gasteiger partial charge in [0.05, 0.1) is 5.39 Å². The molecule has 0 amide bonds. The number of nitrogens with one attached hydrogen (secondary N) is 1. The van der Waals surface area contributed by atoms with E-state index in [1.807, 2.05) is 24.3 Å². The zero-order chi connectivity index (χ0) is 18.4. The predicted octanol–water partition coefficient (Wildman–Crippen LogP) is 3.13. The standard InChI is InChI=1S/C20H20N4O2S/c25-11-5-10-21-17-12-6-1-2-7-13(12)18-22-19-16(20(26)24(18)23-17)14-8-3-4-9-15(14)27-19/h1-2,6-7,25H,3-5,8-11H2,(H,21,23). The van der Waals surface area contributed by atoms with E-state index in [1.54, 1.807) is 11.3 Å². The lowest BCUT2D eigenvalue weighted by molar-refractivity contribution is 0.292. The molecule has 2 N–H and O–H groups in total. The van der Waals surface area contributed by atoms with Crippen molar-refractivity contribution in [3.63, 3.8) is 0 Å². The monoisotopic (exact) mass is 380 g/mol. The molecular weight excluding hydrogens is 360 g/mol. The van der Waals surface area contributed by atoms with E-state index in [0.717, 1.165) is 40.3 Å². The highest BCUT2D eigenvalue weighted by molar-refractivity contribution is 7.18. The summed E-state index contributed by atoms with van der Waals surface area (Å²) >= 11 is 1.66. The number of aliphatic hydroxyl groups is 1. The van der Waals surface area contributed by atoms with E-state index in [2.05, 4.69) is 10.4 Å². The molecule has 0 atom stereocenters. The third-order valence-corrected chi connectivity index (χ3v) is 6.40. The van der Waals surface area contributed by atoms with Gasteiger partial charge < -0.3 is 10.4 Å². The molecule has 0 radical (unpaired) electrons. The maximum atomic E-state index is 13.3. The summed E-state index contributed by atoms with van der Waals surface area (Å²) in [5.41, 5.74) is 1.71. The minimum absolute atomic E-state index is 0.0784. The Morgan fingerprint density at radius 1 is 1.19 bits per heavy atom. The molecule has 3 heterocycles. The molecule has 1 aliphatic carbocycles. The summed E-state index contributed by atoms with van der Waals surface area (Å²) in [4.78, 5) is 20.3. The van der Waals surface area contributed by atoms with Crippen molar-refractivity contribution in [3.8, 4) is 0 Å². The number of benzene rings is 1. The Hall–Kier alpha value is -2.51. The lowest BCUT2D eigenvalue weighted by atomic mass is 9.97. The van der Waals surface area contributed by atoms with Crippen LogP contribution in [-0.2, 0) is 12.8 Å². The summed E-state index contributed by atoms with van der Waals surface area (Å²) in [6, 6.07) is 7.88. The molecule has 0 bridgehead atoms. The number of nitrogens with zero attached hydrogens (tertiary/aromatic N) is 3. The fourth-order valence-electron chi connectivity index (χ4n) is 3.92. The van der Waals surface area contributed by atoms with Gasteiger partial charge >= 0.3 is 0 Å². The van der Waals surface area contributed by atoms with Gasteiger partial charge in [0.15, 0.2) is 11.5 Å². The Labute approximate surface area is 159 Å². The third kappa shape index (κ3) is 2.61. The first-order chi connectivity index (χ1) is 13.3. The largest absolute Gasteiger partial charge is 0.396 e. The van der Waals surface area contributed by atoms with Crippen LogP contribution in [-0.4, -0.2) is 32.9 Å². The molecule has 3 aromatic heterocycles. The van der Waals surface area contributed by atoms with E-state index in [0.29, 0.717) is 24.4 Å². The van der Waals surface area contributed by atoms with Crippen LogP contribution in [0.5, 0.6) is 0 Å². The van der Waals surface area contributed by atoms with Crippen molar-refractivity contribution in [2.75, 3.05) is 18.5 Å². The maximum absolute atomic E-state index is 13.3. The Kier molecular flexibility index (Phi) is 4.06. The SMILES string of the molecule is O=c1c2c3c(sc2nc2c4ccccc4c(NCCCO)nn12)CCCC3. The highest BCUT2D eigenvalue weighted by Gasteiger charge is 2.22. The minimum atomic E-state index is -0.0784. The fourth-order valence-corrected chi connectivity index (χ4v) is 5.17. The summed E-state index contributed by atoms with van der Waals surface area (Å²) < 4.78 is 1.45. The smallest absolute Gasteiger partial charge is 0.283 e. The second-order valence-corrected chi connectivity index (χ2v) is 8.03. The van der Waals surface area contributed by atoms with Crippen LogP contribution in [0.15, 0.2) is 29.1 Å². The van der Waals surface area contributed by atoms with Gasteiger partial charge in [-0.05, 0) is 37.7 Å². The summed E-state index contributed by atoms with van der Waals surface area (Å²) in [6.45, 7) is 0.707. The van der Waals surface area contributed by atoms with Crippen molar-refractivity contribution in [2.24, 2.45) is 0 Å². The number of hydrogen-bond acceptors (Lipinski definition) is 6. The van der Waals surface area contributed by atoms with Gasteiger partial charge in [-0.25, -0.2) is 4.98 Å². The molecule has 0 saturated heterocycles. The number of fused-ring (bicyclic) bond motifs is 6. The molecule has 27 heavy (non-hydrogen) atoms. The van der Waals surface area contributed by atoms with Crippen molar-refractivity contribution in [1.82, 2.24) is 14.6 Å². The minimum Gasteiger partial charge on any atom is -0.396 e. The molecule has 5 rings (SSSR count).